The van der Waals surface area contributed by atoms with Crippen LogP contribution in [0.4, 0.5) is 0 Å². The molecule has 7 nitrogen and oxygen atoms in total. The summed E-state index contributed by atoms with van der Waals surface area (Å²) < 4.78 is 12.2. The van der Waals surface area contributed by atoms with Crippen LogP contribution in [0.5, 0.6) is 11.5 Å². The molecule has 1 N–H and O–H groups in total. The molecule has 1 amide bonds. The molecular formula is C18H18N4O3. The summed E-state index contributed by atoms with van der Waals surface area (Å²) in [4.78, 5) is 12.4. The van der Waals surface area contributed by atoms with E-state index in [-0.39, 0.29) is 12.5 Å². The summed E-state index contributed by atoms with van der Waals surface area (Å²) in [6.07, 6.45) is 1.62. The van der Waals surface area contributed by atoms with Gasteiger partial charge in [-0.1, -0.05) is 18.2 Å². The molecule has 1 heterocycles. The molecule has 1 aromatic heterocycles. The maximum atomic E-state index is 12.4. The van der Waals surface area contributed by atoms with Crippen LogP contribution in [0.25, 0.3) is 5.69 Å². The number of amides is 1. The number of ether oxygens (including phenoxy) is 2. The highest BCUT2D eigenvalue weighted by Crippen LogP contribution is 2.22. The van der Waals surface area contributed by atoms with Gasteiger partial charge in [0.2, 0.25) is 0 Å². The first-order chi connectivity index (χ1) is 12.2. The maximum Gasteiger partial charge on any atom is 0.251 e. The summed E-state index contributed by atoms with van der Waals surface area (Å²) in [6.45, 7) is 0.243. The van der Waals surface area contributed by atoms with Gasteiger partial charge < -0.3 is 14.8 Å². The fourth-order valence-electron chi connectivity index (χ4n) is 2.38. The zero-order chi connectivity index (χ0) is 17.6. The number of methoxy groups -OCH3 is 2. The standard InChI is InChI=1S/C18H18N4O3/c1-24-15-8-13(9-16(10-15)25-2)18(23)19-11-17-21-20-12-22(17)14-6-4-3-5-7-14/h3-10,12H,11H2,1-2H3,(H,19,23). The molecule has 0 atom stereocenters. The molecule has 3 aromatic rings. The minimum Gasteiger partial charge on any atom is -0.497 e. The lowest BCUT2D eigenvalue weighted by atomic mass is 10.2. The van der Waals surface area contributed by atoms with Gasteiger partial charge in [0.25, 0.3) is 5.91 Å². The lowest BCUT2D eigenvalue weighted by molar-refractivity contribution is 0.0949. The number of nitrogens with zero attached hydrogens (tertiary/aromatic N) is 3. The number of hydrogen-bond donors (Lipinski definition) is 1. The molecule has 0 saturated carbocycles. The van der Waals surface area contributed by atoms with Gasteiger partial charge in [-0.25, -0.2) is 0 Å². The predicted octanol–water partition coefficient (Wildman–Crippen LogP) is 2.21. The van der Waals surface area contributed by atoms with Crippen molar-refractivity contribution in [3.8, 4) is 17.2 Å². The number of carbonyl (C=O) groups excluding carboxylic acids is 1. The lowest BCUT2D eigenvalue weighted by Crippen LogP contribution is -2.24. The van der Waals surface area contributed by atoms with E-state index in [1.54, 1.807) is 38.7 Å². The first kappa shape index (κ1) is 16.5. The van der Waals surface area contributed by atoms with Crippen molar-refractivity contribution in [1.82, 2.24) is 20.1 Å². The molecule has 0 aliphatic carbocycles. The van der Waals surface area contributed by atoms with Gasteiger partial charge in [0, 0.05) is 17.3 Å². The second kappa shape index (κ2) is 7.48. The molecule has 2 aromatic carbocycles. The topological polar surface area (TPSA) is 78.3 Å². The van der Waals surface area contributed by atoms with Crippen LogP contribution in [0.2, 0.25) is 0 Å². The van der Waals surface area contributed by atoms with Gasteiger partial charge in [0.1, 0.15) is 17.8 Å². The number of aromatic nitrogens is 3. The van der Waals surface area contributed by atoms with E-state index in [2.05, 4.69) is 15.5 Å². The Morgan fingerprint density at radius 2 is 1.76 bits per heavy atom. The van der Waals surface area contributed by atoms with Crippen LogP contribution in [0.15, 0.2) is 54.9 Å². The maximum absolute atomic E-state index is 12.4. The van der Waals surface area contributed by atoms with Crippen molar-refractivity contribution < 1.29 is 14.3 Å². The van der Waals surface area contributed by atoms with E-state index >= 15 is 0 Å². The average molecular weight is 338 g/mol. The first-order valence-electron chi connectivity index (χ1n) is 7.67. The minimum atomic E-state index is -0.250. The monoisotopic (exact) mass is 338 g/mol. The van der Waals surface area contributed by atoms with E-state index in [1.165, 1.54) is 0 Å². The SMILES string of the molecule is COc1cc(OC)cc(C(=O)NCc2nncn2-c2ccccc2)c1. The van der Waals surface area contributed by atoms with E-state index < -0.39 is 0 Å². The summed E-state index contributed by atoms with van der Waals surface area (Å²) in [7, 11) is 3.08. The van der Waals surface area contributed by atoms with Crippen molar-refractivity contribution in [1.29, 1.82) is 0 Å². The molecule has 7 heteroatoms. The summed E-state index contributed by atoms with van der Waals surface area (Å²) in [5.41, 5.74) is 1.38. The highest BCUT2D eigenvalue weighted by molar-refractivity contribution is 5.95. The van der Waals surface area contributed by atoms with Crippen molar-refractivity contribution in [2.45, 2.75) is 6.54 Å². The normalized spacial score (nSPS) is 10.3. The van der Waals surface area contributed by atoms with Crippen molar-refractivity contribution in [2.75, 3.05) is 14.2 Å². The van der Waals surface area contributed by atoms with Crippen LogP contribution in [-0.2, 0) is 6.54 Å². The molecule has 128 valence electrons. The Hall–Kier alpha value is -3.35. The van der Waals surface area contributed by atoms with Crippen molar-refractivity contribution in [3.63, 3.8) is 0 Å². The Bertz CT molecular complexity index is 840. The predicted molar refractivity (Wildman–Crippen MR) is 92.1 cm³/mol. The zero-order valence-electron chi connectivity index (χ0n) is 14.0. The molecule has 0 saturated heterocycles. The van der Waals surface area contributed by atoms with Gasteiger partial charge in [-0.15, -0.1) is 10.2 Å². The fraction of sp³-hybridized carbons (Fsp3) is 0.167. The Morgan fingerprint density at radius 1 is 1.08 bits per heavy atom. The molecule has 0 unspecified atom stereocenters. The Labute approximate surface area is 145 Å². The van der Waals surface area contributed by atoms with Crippen molar-refractivity contribution >= 4 is 5.91 Å². The summed E-state index contributed by atoms with van der Waals surface area (Å²) >= 11 is 0. The van der Waals surface area contributed by atoms with Crippen LogP contribution in [0, 0.1) is 0 Å². The highest BCUT2D eigenvalue weighted by atomic mass is 16.5. The van der Waals surface area contributed by atoms with Crippen molar-refractivity contribution in [3.05, 3.63) is 66.2 Å². The van der Waals surface area contributed by atoms with Gasteiger partial charge in [-0.2, -0.15) is 0 Å². The van der Waals surface area contributed by atoms with Crippen molar-refractivity contribution in [2.24, 2.45) is 0 Å². The van der Waals surface area contributed by atoms with Gasteiger partial charge in [0.05, 0.1) is 20.8 Å². The third kappa shape index (κ3) is 3.77. The Balaban J connectivity index is 1.75. The van der Waals surface area contributed by atoms with E-state index in [1.807, 2.05) is 34.9 Å². The second-order valence-electron chi connectivity index (χ2n) is 5.24. The largest absolute Gasteiger partial charge is 0.497 e. The second-order valence-corrected chi connectivity index (χ2v) is 5.24. The van der Waals surface area contributed by atoms with E-state index in [0.717, 1.165) is 5.69 Å². The van der Waals surface area contributed by atoms with Gasteiger partial charge in [0.15, 0.2) is 5.82 Å². The van der Waals surface area contributed by atoms with Crippen LogP contribution in [0.3, 0.4) is 0 Å². The highest BCUT2D eigenvalue weighted by Gasteiger charge is 2.12. The van der Waals surface area contributed by atoms with Gasteiger partial charge in [-0.3, -0.25) is 9.36 Å². The van der Waals surface area contributed by atoms with E-state index in [4.69, 9.17) is 9.47 Å². The van der Waals surface area contributed by atoms with E-state index in [0.29, 0.717) is 22.9 Å². The molecule has 0 spiro atoms. The third-order valence-electron chi connectivity index (χ3n) is 3.67. The fourth-order valence-corrected chi connectivity index (χ4v) is 2.38. The molecule has 0 aliphatic heterocycles. The first-order valence-corrected chi connectivity index (χ1v) is 7.67. The van der Waals surface area contributed by atoms with Crippen LogP contribution >= 0.6 is 0 Å². The number of benzene rings is 2. The number of nitrogens with one attached hydrogen (secondary N) is 1. The smallest absolute Gasteiger partial charge is 0.251 e. The van der Waals surface area contributed by atoms with Gasteiger partial charge >= 0.3 is 0 Å². The molecule has 3 rings (SSSR count). The summed E-state index contributed by atoms with van der Waals surface area (Å²) in [6, 6.07) is 14.7. The lowest BCUT2D eigenvalue weighted by Gasteiger charge is -2.10. The molecule has 0 bridgehead atoms. The molecule has 25 heavy (non-hydrogen) atoms. The number of para-hydroxylation sites is 1. The molecule has 0 fully saturated rings. The minimum absolute atomic E-state index is 0.243. The Kier molecular flexibility index (Phi) is 4.94. The Morgan fingerprint density at radius 3 is 2.40 bits per heavy atom. The molecule has 0 aliphatic rings. The average Bonchev–Trinajstić information content (AvgIpc) is 3.14. The quantitative estimate of drug-likeness (QED) is 0.745. The third-order valence-corrected chi connectivity index (χ3v) is 3.67. The number of carbonyl (C=O) groups is 1. The van der Waals surface area contributed by atoms with Crippen LogP contribution < -0.4 is 14.8 Å². The molecule has 0 radical (unpaired) electrons. The van der Waals surface area contributed by atoms with E-state index in [9.17, 15) is 4.79 Å². The van der Waals surface area contributed by atoms with Gasteiger partial charge in [-0.05, 0) is 24.3 Å². The zero-order valence-corrected chi connectivity index (χ0v) is 14.0. The number of hydrogen-bond acceptors (Lipinski definition) is 5. The molecular weight excluding hydrogens is 320 g/mol. The van der Waals surface area contributed by atoms with Crippen LogP contribution in [-0.4, -0.2) is 34.9 Å². The number of rotatable bonds is 6. The summed E-state index contributed by atoms with van der Waals surface area (Å²) in [5.74, 6) is 1.49. The summed E-state index contributed by atoms with van der Waals surface area (Å²) in [5, 5.41) is 10.8. The van der Waals surface area contributed by atoms with Crippen LogP contribution in [0.1, 0.15) is 16.2 Å².